The van der Waals surface area contributed by atoms with Gasteiger partial charge >= 0.3 is 0 Å². The number of carbonyl (C=O) groups is 1. The topological polar surface area (TPSA) is 46.9 Å². The summed E-state index contributed by atoms with van der Waals surface area (Å²) in [6, 6.07) is 17.3. The molecule has 126 valence electrons. The first-order valence-electron chi connectivity index (χ1n) is 7.95. The van der Waals surface area contributed by atoms with E-state index in [0.29, 0.717) is 11.6 Å². The number of halogens is 1. The van der Waals surface area contributed by atoms with Crippen LogP contribution in [0, 0.1) is 0 Å². The fourth-order valence-corrected chi connectivity index (χ4v) is 2.65. The van der Waals surface area contributed by atoms with Crippen LogP contribution < -0.4 is 5.32 Å². The van der Waals surface area contributed by atoms with Crippen LogP contribution in [0.2, 0.25) is 5.02 Å². The van der Waals surface area contributed by atoms with Crippen LogP contribution in [-0.2, 0) is 11.2 Å². The van der Waals surface area contributed by atoms with E-state index in [9.17, 15) is 4.79 Å². The third kappa shape index (κ3) is 4.17. The highest BCUT2D eigenvalue weighted by atomic mass is 35.5. The number of para-hydroxylation sites is 1. The van der Waals surface area contributed by atoms with Gasteiger partial charge in [-0.3, -0.25) is 4.79 Å². The number of carbonyl (C=O) groups excluding carboxylic acids is 1. The Bertz CT molecular complexity index is 870. The SMILES string of the molecule is C=CCNC(=O)Cc1cn(-c2ccccc2)nc1-c1ccc(Cl)cc1. The highest BCUT2D eigenvalue weighted by Gasteiger charge is 2.15. The predicted octanol–water partition coefficient (Wildman–Crippen LogP) is 4.04. The van der Waals surface area contributed by atoms with Crippen molar-refractivity contribution in [1.29, 1.82) is 0 Å². The van der Waals surface area contributed by atoms with Gasteiger partial charge in [0.15, 0.2) is 0 Å². The molecule has 0 saturated carbocycles. The van der Waals surface area contributed by atoms with E-state index in [-0.39, 0.29) is 12.3 Å². The second-order valence-corrected chi connectivity index (χ2v) is 6.00. The van der Waals surface area contributed by atoms with E-state index in [2.05, 4.69) is 17.0 Å². The van der Waals surface area contributed by atoms with E-state index in [0.717, 1.165) is 22.5 Å². The predicted molar refractivity (Wildman–Crippen MR) is 101 cm³/mol. The zero-order valence-corrected chi connectivity index (χ0v) is 14.4. The third-order valence-corrected chi connectivity index (χ3v) is 3.97. The molecule has 1 aromatic heterocycles. The molecule has 0 bridgehead atoms. The van der Waals surface area contributed by atoms with Crippen molar-refractivity contribution in [2.24, 2.45) is 0 Å². The van der Waals surface area contributed by atoms with E-state index in [1.165, 1.54) is 0 Å². The molecule has 2 aromatic carbocycles. The van der Waals surface area contributed by atoms with Gasteiger partial charge in [-0.15, -0.1) is 6.58 Å². The van der Waals surface area contributed by atoms with Gasteiger partial charge in [0.1, 0.15) is 0 Å². The van der Waals surface area contributed by atoms with Gasteiger partial charge < -0.3 is 5.32 Å². The monoisotopic (exact) mass is 351 g/mol. The maximum Gasteiger partial charge on any atom is 0.224 e. The number of nitrogens with one attached hydrogen (secondary N) is 1. The number of aromatic nitrogens is 2. The molecule has 3 rings (SSSR count). The van der Waals surface area contributed by atoms with Crippen molar-refractivity contribution < 1.29 is 4.79 Å². The van der Waals surface area contributed by atoms with Gasteiger partial charge in [0.2, 0.25) is 5.91 Å². The van der Waals surface area contributed by atoms with Crippen molar-refractivity contribution in [1.82, 2.24) is 15.1 Å². The molecule has 5 heteroatoms. The average Bonchev–Trinajstić information content (AvgIpc) is 3.05. The molecule has 0 radical (unpaired) electrons. The summed E-state index contributed by atoms with van der Waals surface area (Å²) in [6.07, 6.45) is 3.80. The number of hydrogen-bond acceptors (Lipinski definition) is 2. The minimum Gasteiger partial charge on any atom is -0.352 e. The fourth-order valence-electron chi connectivity index (χ4n) is 2.52. The maximum absolute atomic E-state index is 12.1. The lowest BCUT2D eigenvalue weighted by Crippen LogP contribution is -2.24. The largest absolute Gasteiger partial charge is 0.352 e. The van der Waals surface area contributed by atoms with Crippen LogP contribution in [0.1, 0.15) is 5.56 Å². The molecule has 1 heterocycles. The maximum atomic E-state index is 12.1. The summed E-state index contributed by atoms with van der Waals surface area (Å²) in [4.78, 5) is 12.1. The van der Waals surface area contributed by atoms with Crippen LogP contribution in [0.4, 0.5) is 0 Å². The zero-order valence-electron chi connectivity index (χ0n) is 13.7. The number of hydrogen-bond donors (Lipinski definition) is 1. The summed E-state index contributed by atoms with van der Waals surface area (Å²) in [7, 11) is 0. The second-order valence-electron chi connectivity index (χ2n) is 5.56. The normalized spacial score (nSPS) is 10.4. The lowest BCUT2D eigenvalue weighted by molar-refractivity contribution is -0.120. The summed E-state index contributed by atoms with van der Waals surface area (Å²) in [5.74, 6) is -0.0669. The van der Waals surface area contributed by atoms with E-state index in [4.69, 9.17) is 11.6 Å². The molecule has 1 N–H and O–H groups in total. The molecular weight excluding hydrogens is 334 g/mol. The molecule has 0 atom stereocenters. The van der Waals surface area contributed by atoms with Gasteiger partial charge in [-0.1, -0.05) is 48.0 Å². The van der Waals surface area contributed by atoms with Gasteiger partial charge in [-0.2, -0.15) is 5.10 Å². The van der Waals surface area contributed by atoms with Gasteiger partial charge in [0.25, 0.3) is 0 Å². The van der Waals surface area contributed by atoms with Crippen molar-refractivity contribution in [2.45, 2.75) is 6.42 Å². The summed E-state index contributed by atoms with van der Waals surface area (Å²) >= 11 is 5.98. The minimum atomic E-state index is -0.0669. The lowest BCUT2D eigenvalue weighted by Gasteiger charge is -2.03. The molecule has 0 aliphatic carbocycles. The fraction of sp³-hybridized carbons (Fsp3) is 0.100. The van der Waals surface area contributed by atoms with Gasteiger partial charge in [0.05, 0.1) is 17.8 Å². The molecule has 0 aliphatic heterocycles. The van der Waals surface area contributed by atoms with Gasteiger partial charge in [-0.05, 0) is 24.3 Å². The molecule has 1 amide bonds. The van der Waals surface area contributed by atoms with E-state index < -0.39 is 0 Å². The smallest absolute Gasteiger partial charge is 0.224 e. The van der Waals surface area contributed by atoms with Crippen LogP contribution in [-0.4, -0.2) is 22.2 Å². The van der Waals surface area contributed by atoms with Crippen LogP contribution >= 0.6 is 11.6 Å². The highest BCUT2D eigenvalue weighted by molar-refractivity contribution is 6.30. The second kappa shape index (κ2) is 7.81. The molecule has 0 saturated heterocycles. The molecular formula is C20H18ClN3O. The average molecular weight is 352 g/mol. The van der Waals surface area contributed by atoms with Crippen molar-refractivity contribution >= 4 is 17.5 Å². The van der Waals surface area contributed by atoms with Crippen LogP contribution in [0.5, 0.6) is 0 Å². The van der Waals surface area contributed by atoms with Crippen LogP contribution in [0.15, 0.2) is 73.4 Å². The van der Waals surface area contributed by atoms with E-state index >= 15 is 0 Å². The first-order chi connectivity index (χ1) is 12.2. The molecule has 0 fully saturated rings. The minimum absolute atomic E-state index is 0.0669. The van der Waals surface area contributed by atoms with Crippen molar-refractivity contribution in [2.75, 3.05) is 6.54 Å². The quantitative estimate of drug-likeness (QED) is 0.681. The Kier molecular flexibility index (Phi) is 5.31. The summed E-state index contributed by atoms with van der Waals surface area (Å²) in [5, 5.41) is 8.15. The van der Waals surface area contributed by atoms with Crippen molar-refractivity contribution in [3.8, 4) is 16.9 Å². The Morgan fingerprint density at radius 1 is 1.16 bits per heavy atom. The molecule has 0 spiro atoms. The Morgan fingerprint density at radius 2 is 1.88 bits per heavy atom. The van der Waals surface area contributed by atoms with Gasteiger partial charge in [-0.25, -0.2) is 4.68 Å². The van der Waals surface area contributed by atoms with E-state index in [1.54, 1.807) is 10.8 Å². The van der Waals surface area contributed by atoms with Crippen LogP contribution in [0.25, 0.3) is 16.9 Å². The standard InChI is InChI=1S/C20H18ClN3O/c1-2-12-22-19(25)13-16-14-24(18-6-4-3-5-7-18)23-20(16)15-8-10-17(21)11-9-15/h2-11,14H,1,12-13H2,(H,22,25). The van der Waals surface area contributed by atoms with Crippen molar-refractivity contribution in [3.05, 3.63) is 84.0 Å². The Balaban J connectivity index is 1.98. The summed E-state index contributed by atoms with van der Waals surface area (Å²) in [5.41, 5.74) is 3.49. The number of nitrogens with zero attached hydrogens (tertiary/aromatic N) is 2. The van der Waals surface area contributed by atoms with Crippen LogP contribution in [0.3, 0.4) is 0 Å². The highest BCUT2D eigenvalue weighted by Crippen LogP contribution is 2.25. The van der Waals surface area contributed by atoms with Gasteiger partial charge in [0, 0.05) is 28.9 Å². The van der Waals surface area contributed by atoms with Crippen molar-refractivity contribution in [3.63, 3.8) is 0 Å². The Hall–Kier alpha value is -2.85. The molecule has 25 heavy (non-hydrogen) atoms. The lowest BCUT2D eigenvalue weighted by atomic mass is 10.1. The summed E-state index contributed by atoms with van der Waals surface area (Å²) < 4.78 is 1.79. The molecule has 0 aliphatic rings. The Morgan fingerprint density at radius 3 is 2.56 bits per heavy atom. The Labute approximate surface area is 151 Å². The number of amides is 1. The number of benzene rings is 2. The molecule has 4 nitrogen and oxygen atoms in total. The van der Waals surface area contributed by atoms with E-state index in [1.807, 2.05) is 60.8 Å². The third-order valence-electron chi connectivity index (χ3n) is 3.72. The summed E-state index contributed by atoms with van der Waals surface area (Å²) in [6.45, 7) is 4.06. The molecule has 0 unspecified atom stereocenters. The zero-order chi connectivity index (χ0) is 17.6. The first-order valence-corrected chi connectivity index (χ1v) is 8.32. The molecule has 3 aromatic rings. The first kappa shape index (κ1) is 17.0. The number of rotatable bonds is 6.